The highest BCUT2D eigenvalue weighted by molar-refractivity contribution is 5.91. The highest BCUT2D eigenvalue weighted by Crippen LogP contribution is 2.15. The molecule has 0 aromatic carbocycles. The number of carbonyl (C=O) groups is 1. The van der Waals surface area contributed by atoms with Crippen LogP contribution in [0.25, 0.3) is 0 Å². The van der Waals surface area contributed by atoms with Gasteiger partial charge in [-0.15, -0.1) is 0 Å². The Hall–Kier alpha value is -2.15. The molecule has 21 heavy (non-hydrogen) atoms. The Kier molecular flexibility index (Phi) is 4.30. The first-order chi connectivity index (χ1) is 10.3. The lowest BCUT2D eigenvalue weighted by molar-refractivity contribution is 0.0920. The molecule has 112 valence electrons. The summed E-state index contributed by atoms with van der Waals surface area (Å²) in [6.07, 6.45) is 5.58. The van der Waals surface area contributed by atoms with Crippen molar-refractivity contribution >= 4 is 5.91 Å². The molecule has 0 spiro atoms. The van der Waals surface area contributed by atoms with Crippen LogP contribution in [0, 0.1) is 0 Å². The largest absolute Gasteiger partial charge is 0.455 e. The zero-order valence-electron chi connectivity index (χ0n) is 11.9. The average Bonchev–Trinajstić information content (AvgIpc) is 3.20. The summed E-state index contributed by atoms with van der Waals surface area (Å²) in [6.45, 7) is 4.09. The summed E-state index contributed by atoms with van der Waals surface area (Å²) in [6, 6.07) is 3.61. The van der Waals surface area contributed by atoms with Gasteiger partial charge in [0.1, 0.15) is 18.4 Å². The van der Waals surface area contributed by atoms with Gasteiger partial charge in [0.15, 0.2) is 5.76 Å². The van der Waals surface area contributed by atoms with Crippen molar-refractivity contribution < 1.29 is 9.21 Å². The molecule has 0 saturated carbocycles. The van der Waals surface area contributed by atoms with Crippen LogP contribution in [0.2, 0.25) is 0 Å². The van der Waals surface area contributed by atoms with Gasteiger partial charge in [-0.3, -0.25) is 14.4 Å². The highest BCUT2D eigenvalue weighted by atomic mass is 16.4. The second-order valence-corrected chi connectivity index (χ2v) is 5.16. The Morgan fingerprint density at radius 2 is 2.19 bits per heavy atom. The van der Waals surface area contributed by atoms with E-state index in [0.29, 0.717) is 18.8 Å². The van der Waals surface area contributed by atoms with Crippen LogP contribution in [0.5, 0.6) is 0 Å². The molecule has 7 nitrogen and oxygen atoms in total. The average molecular weight is 289 g/mol. The molecule has 3 heterocycles. The zero-order valence-corrected chi connectivity index (χ0v) is 11.9. The normalized spacial score (nSPS) is 15.4. The SMILES string of the molecule is O=C(NCCn1cncn1)c1ccc(CN2CCCC2)o1. The van der Waals surface area contributed by atoms with E-state index in [1.165, 1.54) is 19.2 Å². The Morgan fingerprint density at radius 1 is 1.33 bits per heavy atom. The minimum atomic E-state index is -0.192. The van der Waals surface area contributed by atoms with Crippen LogP contribution in [0.15, 0.2) is 29.2 Å². The van der Waals surface area contributed by atoms with Crippen LogP contribution in [-0.2, 0) is 13.1 Å². The highest BCUT2D eigenvalue weighted by Gasteiger charge is 2.15. The first-order valence-corrected chi connectivity index (χ1v) is 7.23. The topological polar surface area (TPSA) is 76.2 Å². The Bertz CT molecular complexity index is 572. The minimum absolute atomic E-state index is 0.192. The number of carbonyl (C=O) groups excluding carboxylic acids is 1. The van der Waals surface area contributed by atoms with Crippen molar-refractivity contribution in [1.82, 2.24) is 25.0 Å². The Morgan fingerprint density at radius 3 is 2.95 bits per heavy atom. The molecule has 1 fully saturated rings. The Labute approximate surface area is 122 Å². The molecule has 2 aromatic rings. The number of hydrogen-bond donors (Lipinski definition) is 1. The molecule has 0 unspecified atom stereocenters. The molecular weight excluding hydrogens is 270 g/mol. The third-order valence-electron chi connectivity index (χ3n) is 3.56. The number of nitrogens with one attached hydrogen (secondary N) is 1. The van der Waals surface area contributed by atoms with Gasteiger partial charge in [0.05, 0.1) is 13.1 Å². The van der Waals surface area contributed by atoms with Crippen molar-refractivity contribution in [3.05, 3.63) is 36.3 Å². The fourth-order valence-corrected chi connectivity index (χ4v) is 2.47. The molecule has 2 aromatic heterocycles. The maximum absolute atomic E-state index is 12.0. The Balaban J connectivity index is 1.47. The lowest BCUT2D eigenvalue weighted by Gasteiger charge is -2.11. The van der Waals surface area contributed by atoms with Gasteiger partial charge < -0.3 is 9.73 Å². The van der Waals surface area contributed by atoms with Crippen LogP contribution in [0.3, 0.4) is 0 Å². The molecule has 1 saturated heterocycles. The summed E-state index contributed by atoms with van der Waals surface area (Å²) in [4.78, 5) is 18.1. The molecule has 1 aliphatic rings. The van der Waals surface area contributed by atoms with E-state index in [1.54, 1.807) is 17.1 Å². The fourth-order valence-electron chi connectivity index (χ4n) is 2.47. The molecule has 0 aliphatic carbocycles. The summed E-state index contributed by atoms with van der Waals surface area (Å²) < 4.78 is 7.27. The second kappa shape index (κ2) is 6.53. The number of amides is 1. The number of furan rings is 1. The summed E-state index contributed by atoms with van der Waals surface area (Å²) in [7, 11) is 0. The second-order valence-electron chi connectivity index (χ2n) is 5.16. The first kappa shape index (κ1) is 13.8. The smallest absolute Gasteiger partial charge is 0.287 e. The van der Waals surface area contributed by atoms with Crippen LogP contribution < -0.4 is 5.32 Å². The molecular formula is C14H19N5O2. The number of hydrogen-bond acceptors (Lipinski definition) is 5. The van der Waals surface area contributed by atoms with Crippen LogP contribution in [0.4, 0.5) is 0 Å². The van der Waals surface area contributed by atoms with E-state index in [2.05, 4.69) is 20.3 Å². The number of aromatic nitrogens is 3. The van der Waals surface area contributed by atoms with Crippen LogP contribution in [0.1, 0.15) is 29.2 Å². The van der Waals surface area contributed by atoms with Crippen molar-refractivity contribution in [2.45, 2.75) is 25.9 Å². The van der Waals surface area contributed by atoms with Crippen LogP contribution in [-0.4, -0.2) is 45.2 Å². The van der Waals surface area contributed by atoms with Gasteiger partial charge in [0.2, 0.25) is 0 Å². The number of rotatable bonds is 6. The van der Waals surface area contributed by atoms with Crippen molar-refractivity contribution in [3.63, 3.8) is 0 Å². The summed E-state index contributed by atoms with van der Waals surface area (Å²) >= 11 is 0. The molecule has 1 N–H and O–H groups in total. The van der Waals surface area contributed by atoms with Gasteiger partial charge in [0, 0.05) is 6.54 Å². The molecule has 7 heteroatoms. The summed E-state index contributed by atoms with van der Waals surface area (Å²) in [5, 5.41) is 6.78. The van der Waals surface area contributed by atoms with E-state index < -0.39 is 0 Å². The molecule has 0 radical (unpaired) electrons. The van der Waals surface area contributed by atoms with E-state index in [1.807, 2.05) is 6.07 Å². The third-order valence-corrected chi connectivity index (χ3v) is 3.56. The summed E-state index contributed by atoms with van der Waals surface area (Å²) in [5.41, 5.74) is 0. The monoisotopic (exact) mass is 289 g/mol. The van der Waals surface area contributed by atoms with Crippen molar-refractivity contribution in [2.24, 2.45) is 0 Å². The summed E-state index contributed by atoms with van der Waals surface area (Å²) in [5.74, 6) is 1.02. The van der Waals surface area contributed by atoms with Gasteiger partial charge >= 0.3 is 0 Å². The van der Waals surface area contributed by atoms with Gasteiger partial charge in [0.25, 0.3) is 5.91 Å². The van der Waals surface area contributed by atoms with Gasteiger partial charge in [-0.05, 0) is 38.1 Å². The van der Waals surface area contributed by atoms with Gasteiger partial charge in [-0.1, -0.05) is 0 Å². The third kappa shape index (κ3) is 3.69. The molecule has 0 atom stereocenters. The standard InChI is InChI=1S/C14H19N5O2/c20-14(16-5-8-19-11-15-10-17-19)13-4-3-12(21-13)9-18-6-1-2-7-18/h3-4,10-11H,1-2,5-9H2,(H,16,20). The lowest BCUT2D eigenvalue weighted by atomic mass is 10.4. The molecule has 1 aliphatic heterocycles. The quantitative estimate of drug-likeness (QED) is 0.855. The van der Waals surface area contributed by atoms with E-state index >= 15 is 0 Å². The molecule has 3 rings (SSSR count). The van der Waals surface area contributed by atoms with E-state index in [4.69, 9.17) is 4.42 Å². The van der Waals surface area contributed by atoms with E-state index in [9.17, 15) is 4.79 Å². The predicted molar refractivity (Wildman–Crippen MR) is 75.6 cm³/mol. The minimum Gasteiger partial charge on any atom is -0.455 e. The van der Waals surface area contributed by atoms with Crippen LogP contribution >= 0.6 is 0 Å². The zero-order chi connectivity index (χ0) is 14.5. The lowest BCUT2D eigenvalue weighted by Crippen LogP contribution is -2.27. The van der Waals surface area contributed by atoms with Crippen molar-refractivity contribution in [3.8, 4) is 0 Å². The molecule has 1 amide bonds. The molecule has 0 bridgehead atoms. The fraction of sp³-hybridized carbons (Fsp3) is 0.500. The van der Waals surface area contributed by atoms with Gasteiger partial charge in [-0.25, -0.2) is 4.98 Å². The van der Waals surface area contributed by atoms with E-state index in [-0.39, 0.29) is 5.91 Å². The van der Waals surface area contributed by atoms with Crippen molar-refractivity contribution in [2.75, 3.05) is 19.6 Å². The number of likely N-dealkylation sites (tertiary alicyclic amines) is 1. The van der Waals surface area contributed by atoms with E-state index in [0.717, 1.165) is 25.4 Å². The number of nitrogens with zero attached hydrogens (tertiary/aromatic N) is 4. The maximum Gasteiger partial charge on any atom is 0.287 e. The maximum atomic E-state index is 12.0. The predicted octanol–water partition coefficient (Wildman–Crippen LogP) is 0.897. The van der Waals surface area contributed by atoms with Gasteiger partial charge in [-0.2, -0.15) is 5.10 Å². The van der Waals surface area contributed by atoms with Crippen molar-refractivity contribution in [1.29, 1.82) is 0 Å². The first-order valence-electron chi connectivity index (χ1n) is 7.23.